The smallest absolute Gasteiger partial charge is 0.309 e. The molecule has 1 N–H and O–H groups in total. The van der Waals surface area contributed by atoms with E-state index in [4.69, 9.17) is 0 Å². The first-order chi connectivity index (χ1) is 6.13. The van der Waals surface area contributed by atoms with Crippen LogP contribution in [-0.4, -0.2) is 48.8 Å². The van der Waals surface area contributed by atoms with Gasteiger partial charge in [0.2, 0.25) is 0 Å². The molecule has 1 aliphatic rings. The summed E-state index contributed by atoms with van der Waals surface area (Å²) in [7, 11) is 1.40. The number of hydrogen-bond acceptors (Lipinski definition) is 4. The van der Waals surface area contributed by atoms with Crippen LogP contribution in [0.2, 0.25) is 0 Å². The normalized spacial score (nSPS) is 25.9. The van der Waals surface area contributed by atoms with Crippen molar-refractivity contribution in [3.05, 3.63) is 0 Å². The molecule has 0 radical (unpaired) electrons. The number of rotatable bonds is 3. The van der Waals surface area contributed by atoms with Crippen molar-refractivity contribution in [2.75, 3.05) is 26.7 Å². The van der Waals surface area contributed by atoms with E-state index < -0.39 is 0 Å². The van der Waals surface area contributed by atoms with Gasteiger partial charge in [-0.1, -0.05) is 6.92 Å². The molecule has 0 aliphatic carbocycles. The van der Waals surface area contributed by atoms with E-state index in [1.54, 1.807) is 0 Å². The Labute approximate surface area is 78.5 Å². The fourth-order valence-electron chi connectivity index (χ4n) is 1.64. The van der Waals surface area contributed by atoms with E-state index in [1.807, 2.05) is 6.92 Å². The molecule has 0 saturated carbocycles. The van der Waals surface area contributed by atoms with Crippen molar-refractivity contribution in [2.45, 2.75) is 19.4 Å². The van der Waals surface area contributed by atoms with Crippen molar-refractivity contribution in [3.8, 4) is 0 Å². The van der Waals surface area contributed by atoms with Gasteiger partial charge >= 0.3 is 5.97 Å². The standard InChI is InChI=1S/C9H17NO3/c1-7(9(12)13-2)5-10-4-3-8(11)6-10/h7-8,11H,3-6H2,1-2H3/t7?,8-/m1/s1. The predicted octanol–water partition coefficient (Wildman–Crippen LogP) is -0.138. The second-order valence-corrected chi connectivity index (χ2v) is 3.63. The fourth-order valence-corrected chi connectivity index (χ4v) is 1.64. The van der Waals surface area contributed by atoms with E-state index in [9.17, 15) is 9.90 Å². The highest BCUT2D eigenvalue weighted by molar-refractivity contribution is 5.72. The number of carbonyl (C=O) groups excluding carboxylic acids is 1. The monoisotopic (exact) mass is 187 g/mol. The van der Waals surface area contributed by atoms with E-state index in [0.29, 0.717) is 13.1 Å². The number of carbonyl (C=O) groups is 1. The van der Waals surface area contributed by atoms with Gasteiger partial charge in [-0.3, -0.25) is 9.69 Å². The molecule has 0 aromatic heterocycles. The number of β-amino-alcohol motifs (C(OH)–C–C–N with tert-alkyl or cyclic N) is 1. The van der Waals surface area contributed by atoms with Gasteiger partial charge in [0, 0.05) is 19.6 Å². The van der Waals surface area contributed by atoms with Crippen LogP contribution in [0.3, 0.4) is 0 Å². The van der Waals surface area contributed by atoms with Gasteiger partial charge < -0.3 is 9.84 Å². The number of methoxy groups -OCH3 is 1. The molecule has 1 unspecified atom stereocenters. The lowest BCUT2D eigenvalue weighted by Gasteiger charge is -2.18. The summed E-state index contributed by atoms with van der Waals surface area (Å²) in [4.78, 5) is 13.2. The first-order valence-electron chi connectivity index (χ1n) is 4.61. The van der Waals surface area contributed by atoms with E-state index >= 15 is 0 Å². The summed E-state index contributed by atoms with van der Waals surface area (Å²) in [5.74, 6) is -0.281. The van der Waals surface area contributed by atoms with Crippen LogP contribution in [0.1, 0.15) is 13.3 Å². The van der Waals surface area contributed by atoms with Crippen molar-refractivity contribution in [1.82, 2.24) is 4.90 Å². The molecule has 0 spiro atoms. The Bertz CT molecular complexity index is 184. The van der Waals surface area contributed by atoms with Crippen molar-refractivity contribution < 1.29 is 14.6 Å². The minimum absolute atomic E-state index is 0.102. The van der Waals surface area contributed by atoms with Crippen LogP contribution < -0.4 is 0 Å². The number of ether oxygens (including phenoxy) is 1. The molecule has 1 aliphatic heterocycles. The molecule has 0 aromatic rings. The quantitative estimate of drug-likeness (QED) is 0.625. The Hall–Kier alpha value is -0.610. The number of likely N-dealkylation sites (tertiary alicyclic amines) is 1. The van der Waals surface area contributed by atoms with Crippen LogP contribution in [0, 0.1) is 5.92 Å². The summed E-state index contributed by atoms with van der Waals surface area (Å²) >= 11 is 0. The summed E-state index contributed by atoms with van der Waals surface area (Å²) < 4.78 is 4.62. The fraction of sp³-hybridized carbons (Fsp3) is 0.889. The highest BCUT2D eigenvalue weighted by Gasteiger charge is 2.24. The van der Waals surface area contributed by atoms with Crippen LogP contribution in [0.5, 0.6) is 0 Å². The van der Waals surface area contributed by atoms with Crippen molar-refractivity contribution in [2.24, 2.45) is 5.92 Å². The zero-order valence-corrected chi connectivity index (χ0v) is 8.19. The lowest BCUT2D eigenvalue weighted by atomic mass is 10.2. The lowest BCUT2D eigenvalue weighted by Crippen LogP contribution is -2.31. The van der Waals surface area contributed by atoms with Gasteiger partial charge in [-0.05, 0) is 6.42 Å². The van der Waals surface area contributed by atoms with Crippen LogP contribution in [-0.2, 0) is 9.53 Å². The molecule has 1 fully saturated rings. The van der Waals surface area contributed by atoms with Crippen molar-refractivity contribution >= 4 is 5.97 Å². The van der Waals surface area contributed by atoms with Crippen LogP contribution in [0.15, 0.2) is 0 Å². The van der Waals surface area contributed by atoms with Gasteiger partial charge in [0.25, 0.3) is 0 Å². The highest BCUT2D eigenvalue weighted by Crippen LogP contribution is 2.11. The topological polar surface area (TPSA) is 49.8 Å². The van der Waals surface area contributed by atoms with E-state index in [-0.39, 0.29) is 18.0 Å². The maximum atomic E-state index is 11.1. The maximum Gasteiger partial charge on any atom is 0.309 e. The number of hydrogen-bond donors (Lipinski definition) is 1. The van der Waals surface area contributed by atoms with Gasteiger partial charge in [-0.25, -0.2) is 0 Å². The summed E-state index contributed by atoms with van der Waals surface area (Å²) in [6, 6.07) is 0. The SMILES string of the molecule is COC(=O)C(C)CN1CC[C@@H](O)C1. The molecule has 4 heteroatoms. The number of aliphatic hydroxyl groups is 1. The summed E-state index contributed by atoms with van der Waals surface area (Å²) in [6.07, 6.45) is 0.596. The molecule has 0 aromatic carbocycles. The predicted molar refractivity (Wildman–Crippen MR) is 48.2 cm³/mol. The molecule has 76 valence electrons. The van der Waals surface area contributed by atoms with Crippen LogP contribution in [0.25, 0.3) is 0 Å². The minimum atomic E-state index is -0.218. The van der Waals surface area contributed by atoms with Gasteiger partial charge in [0.1, 0.15) is 0 Å². The lowest BCUT2D eigenvalue weighted by molar-refractivity contribution is -0.145. The van der Waals surface area contributed by atoms with Crippen molar-refractivity contribution in [1.29, 1.82) is 0 Å². The molecular weight excluding hydrogens is 170 g/mol. The average Bonchev–Trinajstić information content (AvgIpc) is 2.49. The molecule has 0 amide bonds. The Morgan fingerprint density at radius 3 is 2.92 bits per heavy atom. The third-order valence-corrected chi connectivity index (χ3v) is 2.38. The second-order valence-electron chi connectivity index (χ2n) is 3.63. The van der Waals surface area contributed by atoms with E-state index in [2.05, 4.69) is 9.64 Å². The van der Waals surface area contributed by atoms with Gasteiger partial charge in [0.15, 0.2) is 0 Å². The van der Waals surface area contributed by atoms with Gasteiger partial charge in [-0.2, -0.15) is 0 Å². The van der Waals surface area contributed by atoms with Crippen molar-refractivity contribution in [3.63, 3.8) is 0 Å². The molecule has 1 saturated heterocycles. The highest BCUT2D eigenvalue weighted by atomic mass is 16.5. The Kier molecular flexibility index (Phi) is 3.69. The molecule has 4 nitrogen and oxygen atoms in total. The Morgan fingerprint density at radius 2 is 2.46 bits per heavy atom. The first kappa shape index (κ1) is 10.5. The zero-order valence-electron chi connectivity index (χ0n) is 8.19. The largest absolute Gasteiger partial charge is 0.469 e. The van der Waals surface area contributed by atoms with E-state index in [0.717, 1.165) is 13.0 Å². The molecule has 2 atom stereocenters. The molecule has 13 heavy (non-hydrogen) atoms. The minimum Gasteiger partial charge on any atom is -0.469 e. The summed E-state index contributed by atoms with van der Waals surface area (Å²) in [5.41, 5.74) is 0. The molecule has 1 heterocycles. The third kappa shape index (κ3) is 2.97. The number of aliphatic hydroxyl groups excluding tert-OH is 1. The Balaban J connectivity index is 2.28. The molecule has 0 bridgehead atoms. The Morgan fingerprint density at radius 1 is 1.77 bits per heavy atom. The van der Waals surface area contributed by atoms with E-state index in [1.165, 1.54) is 7.11 Å². The number of nitrogens with zero attached hydrogens (tertiary/aromatic N) is 1. The molecular formula is C9H17NO3. The third-order valence-electron chi connectivity index (χ3n) is 2.38. The van der Waals surface area contributed by atoms with Gasteiger partial charge in [0.05, 0.1) is 19.1 Å². The summed E-state index contributed by atoms with van der Waals surface area (Å²) in [6.45, 7) is 4.09. The zero-order chi connectivity index (χ0) is 9.84. The summed E-state index contributed by atoms with van der Waals surface area (Å²) in [5, 5.41) is 9.25. The van der Waals surface area contributed by atoms with Crippen LogP contribution >= 0.6 is 0 Å². The first-order valence-corrected chi connectivity index (χ1v) is 4.61. The van der Waals surface area contributed by atoms with Crippen LogP contribution in [0.4, 0.5) is 0 Å². The van der Waals surface area contributed by atoms with Gasteiger partial charge in [-0.15, -0.1) is 0 Å². The maximum absolute atomic E-state index is 11.1. The number of esters is 1. The second kappa shape index (κ2) is 4.58. The molecule has 1 rings (SSSR count). The average molecular weight is 187 g/mol.